The van der Waals surface area contributed by atoms with Gasteiger partial charge >= 0.3 is 5.97 Å². The number of benzene rings is 1. The van der Waals surface area contributed by atoms with E-state index in [0.29, 0.717) is 32.4 Å². The highest BCUT2D eigenvalue weighted by atomic mass is 79.9. The van der Waals surface area contributed by atoms with Crippen molar-refractivity contribution >= 4 is 27.8 Å². The molecular weight excluding hydrogens is 338 g/mol. The Morgan fingerprint density at radius 3 is 2.71 bits per heavy atom. The minimum Gasteiger partial charge on any atom is -0.492 e. The van der Waals surface area contributed by atoms with Crippen LogP contribution in [0.4, 0.5) is 0 Å². The van der Waals surface area contributed by atoms with Gasteiger partial charge in [0.15, 0.2) is 0 Å². The fourth-order valence-corrected chi connectivity index (χ4v) is 2.30. The molecule has 21 heavy (non-hydrogen) atoms. The van der Waals surface area contributed by atoms with Crippen molar-refractivity contribution in [3.8, 4) is 5.75 Å². The predicted octanol–water partition coefficient (Wildman–Crippen LogP) is 2.90. The van der Waals surface area contributed by atoms with Crippen molar-refractivity contribution in [2.45, 2.75) is 32.6 Å². The summed E-state index contributed by atoms with van der Waals surface area (Å²) in [5, 5.41) is 11.2. The van der Waals surface area contributed by atoms with Crippen molar-refractivity contribution in [2.75, 3.05) is 13.2 Å². The van der Waals surface area contributed by atoms with E-state index >= 15 is 0 Å². The monoisotopic (exact) mass is 357 g/mol. The van der Waals surface area contributed by atoms with Crippen molar-refractivity contribution in [1.82, 2.24) is 5.32 Å². The van der Waals surface area contributed by atoms with Crippen LogP contribution in [-0.2, 0) is 9.59 Å². The molecule has 0 atom stereocenters. The Kier molecular flexibility index (Phi) is 7.82. The molecule has 0 heterocycles. The summed E-state index contributed by atoms with van der Waals surface area (Å²) in [6.45, 7) is 2.86. The molecule has 0 aliphatic carbocycles. The summed E-state index contributed by atoms with van der Waals surface area (Å²) >= 11 is 3.43. The first kappa shape index (κ1) is 17.5. The van der Waals surface area contributed by atoms with Crippen LogP contribution in [-0.4, -0.2) is 30.1 Å². The molecule has 0 saturated heterocycles. The lowest BCUT2D eigenvalue weighted by molar-refractivity contribution is -0.137. The second-order valence-corrected chi connectivity index (χ2v) is 5.59. The Bertz CT molecular complexity index is 491. The zero-order valence-electron chi connectivity index (χ0n) is 12.0. The summed E-state index contributed by atoms with van der Waals surface area (Å²) in [5.74, 6) is -0.157. The number of rotatable bonds is 9. The van der Waals surface area contributed by atoms with Crippen LogP contribution in [0, 0.1) is 6.92 Å². The second kappa shape index (κ2) is 9.39. The first-order valence-corrected chi connectivity index (χ1v) is 7.66. The summed E-state index contributed by atoms with van der Waals surface area (Å²) in [6.07, 6.45) is 1.51. The molecule has 0 spiro atoms. The number of amides is 1. The molecule has 0 aliphatic rings. The van der Waals surface area contributed by atoms with Crippen LogP contribution < -0.4 is 10.1 Å². The molecule has 0 aromatic heterocycles. The molecule has 0 aliphatic heterocycles. The number of carbonyl (C=O) groups excluding carboxylic acids is 1. The maximum absolute atomic E-state index is 11.5. The smallest absolute Gasteiger partial charge is 0.303 e. The first-order chi connectivity index (χ1) is 9.99. The normalized spacial score (nSPS) is 10.2. The van der Waals surface area contributed by atoms with Gasteiger partial charge in [-0.15, -0.1) is 0 Å². The van der Waals surface area contributed by atoms with Crippen molar-refractivity contribution in [2.24, 2.45) is 0 Å². The van der Waals surface area contributed by atoms with Gasteiger partial charge in [0.05, 0.1) is 11.1 Å². The maximum atomic E-state index is 11.5. The van der Waals surface area contributed by atoms with Gasteiger partial charge in [-0.2, -0.15) is 0 Å². The molecule has 0 fully saturated rings. The molecule has 1 rings (SSSR count). The van der Waals surface area contributed by atoms with Crippen molar-refractivity contribution in [1.29, 1.82) is 0 Å². The quantitative estimate of drug-likeness (QED) is 0.666. The van der Waals surface area contributed by atoms with Crippen molar-refractivity contribution in [3.63, 3.8) is 0 Å². The highest BCUT2D eigenvalue weighted by Gasteiger charge is 2.04. The number of hydrogen-bond donors (Lipinski definition) is 2. The van der Waals surface area contributed by atoms with Crippen LogP contribution in [0.1, 0.15) is 31.2 Å². The predicted molar refractivity (Wildman–Crippen MR) is 83.5 cm³/mol. The molecule has 116 valence electrons. The Hall–Kier alpha value is -1.56. The standard InChI is InChI=1S/C15H20BrNO4/c1-11-6-7-13(12(16)10-11)21-9-3-4-14(18)17-8-2-5-15(19)20/h6-7,10H,2-5,8-9H2,1H3,(H,17,18)(H,19,20). The van der Waals surface area contributed by atoms with Gasteiger partial charge in [-0.1, -0.05) is 6.07 Å². The largest absolute Gasteiger partial charge is 0.492 e. The van der Waals surface area contributed by atoms with E-state index < -0.39 is 5.97 Å². The maximum Gasteiger partial charge on any atom is 0.303 e. The topological polar surface area (TPSA) is 75.6 Å². The van der Waals surface area contributed by atoms with Crippen molar-refractivity contribution in [3.05, 3.63) is 28.2 Å². The van der Waals surface area contributed by atoms with Gasteiger partial charge in [0, 0.05) is 19.4 Å². The van der Waals surface area contributed by atoms with E-state index in [-0.39, 0.29) is 12.3 Å². The lowest BCUT2D eigenvalue weighted by atomic mass is 10.2. The number of aryl methyl sites for hydroxylation is 1. The highest BCUT2D eigenvalue weighted by Crippen LogP contribution is 2.25. The number of nitrogens with one attached hydrogen (secondary N) is 1. The Morgan fingerprint density at radius 2 is 2.05 bits per heavy atom. The van der Waals surface area contributed by atoms with Gasteiger partial charge in [0.2, 0.25) is 5.91 Å². The molecule has 6 heteroatoms. The SMILES string of the molecule is Cc1ccc(OCCCC(=O)NCCCC(=O)O)c(Br)c1. The molecule has 0 bridgehead atoms. The number of carboxylic acids is 1. The third kappa shape index (κ3) is 7.70. The van der Waals surface area contributed by atoms with E-state index in [2.05, 4.69) is 21.2 Å². The Morgan fingerprint density at radius 1 is 1.29 bits per heavy atom. The molecule has 0 saturated carbocycles. The van der Waals surface area contributed by atoms with Gasteiger partial charge in [0.25, 0.3) is 0 Å². The lowest BCUT2D eigenvalue weighted by Crippen LogP contribution is -2.25. The van der Waals surface area contributed by atoms with Crippen LogP contribution in [0.15, 0.2) is 22.7 Å². The molecule has 1 aromatic carbocycles. The first-order valence-electron chi connectivity index (χ1n) is 6.86. The summed E-state index contributed by atoms with van der Waals surface area (Å²) in [5.41, 5.74) is 1.15. The van der Waals surface area contributed by atoms with E-state index in [4.69, 9.17) is 9.84 Å². The lowest BCUT2D eigenvalue weighted by Gasteiger charge is -2.09. The fourth-order valence-electron chi connectivity index (χ4n) is 1.69. The number of carbonyl (C=O) groups is 2. The number of ether oxygens (including phenoxy) is 1. The van der Waals surface area contributed by atoms with Crippen LogP contribution in [0.2, 0.25) is 0 Å². The van der Waals surface area contributed by atoms with Crippen LogP contribution in [0.3, 0.4) is 0 Å². The van der Waals surface area contributed by atoms with Gasteiger partial charge < -0.3 is 15.2 Å². The van der Waals surface area contributed by atoms with Crippen LogP contribution in [0.5, 0.6) is 5.75 Å². The van der Waals surface area contributed by atoms with Crippen molar-refractivity contribution < 1.29 is 19.4 Å². The Labute approximate surface area is 132 Å². The molecular formula is C15H20BrNO4. The molecule has 5 nitrogen and oxygen atoms in total. The molecule has 0 radical (unpaired) electrons. The molecule has 0 unspecified atom stereocenters. The van der Waals surface area contributed by atoms with E-state index in [1.165, 1.54) is 0 Å². The minimum atomic E-state index is -0.846. The number of halogens is 1. The van der Waals surface area contributed by atoms with Gasteiger partial charge in [0.1, 0.15) is 5.75 Å². The molecule has 1 amide bonds. The summed E-state index contributed by atoms with van der Waals surface area (Å²) in [4.78, 5) is 21.8. The highest BCUT2D eigenvalue weighted by molar-refractivity contribution is 9.10. The Balaban J connectivity index is 2.13. The van der Waals surface area contributed by atoms with E-state index in [9.17, 15) is 9.59 Å². The summed E-state index contributed by atoms with van der Waals surface area (Å²) in [7, 11) is 0. The van der Waals surface area contributed by atoms with Crippen LogP contribution >= 0.6 is 15.9 Å². The van der Waals surface area contributed by atoms with Gasteiger partial charge in [-0.05, 0) is 53.4 Å². The molecule has 1 aromatic rings. The zero-order chi connectivity index (χ0) is 15.7. The number of hydrogen-bond acceptors (Lipinski definition) is 3. The fraction of sp³-hybridized carbons (Fsp3) is 0.467. The third-order valence-corrected chi connectivity index (χ3v) is 3.40. The van der Waals surface area contributed by atoms with E-state index in [1.807, 2.05) is 25.1 Å². The number of carboxylic acid groups (broad SMARTS) is 1. The zero-order valence-corrected chi connectivity index (χ0v) is 13.6. The molecule has 2 N–H and O–H groups in total. The number of aliphatic carboxylic acids is 1. The van der Waals surface area contributed by atoms with Gasteiger partial charge in [-0.25, -0.2) is 0 Å². The van der Waals surface area contributed by atoms with Crippen LogP contribution in [0.25, 0.3) is 0 Å². The van der Waals surface area contributed by atoms with Gasteiger partial charge in [-0.3, -0.25) is 9.59 Å². The summed E-state index contributed by atoms with van der Waals surface area (Å²) in [6, 6.07) is 5.84. The summed E-state index contributed by atoms with van der Waals surface area (Å²) < 4.78 is 6.50. The van der Waals surface area contributed by atoms with E-state index in [0.717, 1.165) is 15.8 Å². The average Bonchev–Trinajstić information content (AvgIpc) is 2.41. The third-order valence-electron chi connectivity index (χ3n) is 2.78. The minimum absolute atomic E-state index is 0.0742. The van der Waals surface area contributed by atoms with E-state index in [1.54, 1.807) is 0 Å². The second-order valence-electron chi connectivity index (χ2n) is 4.73. The average molecular weight is 358 g/mol.